The quantitative estimate of drug-likeness (QED) is 0.448. The number of hydrogen-bond donors (Lipinski definition) is 1. The Labute approximate surface area is 218 Å². The predicted molar refractivity (Wildman–Crippen MR) is 144 cm³/mol. The predicted octanol–water partition coefficient (Wildman–Crippen LogP) is 5.07. The maximum atomic E-state index is 13.6. The molecule has 2 fully saturated rings. The number of hydrogen-bond acceptors (Lipinski definition) is 3. The van der Waals surface area contributed by atoms with Crippen LogP contribution in [0.15, 0.2) is 84.9 Å². The van der Waals surface area contributed by atoms with Crippen molar-refractivity contribution < 1.29 is 14.0 Å². The minimum Gasteiger partial charge on any atom is -0.355 e. The smallest absolute Gasteiger partial charge is 0.231 e. The molecule has 0 bridgehead atoms. The summed E-state index contributed by atoms with van der Waals surface area (Å²) >= 11 is 0. The number of carbonyl (C=O) groups is 2. The van der Waals surface area contributed by atoms with Crippen molar-refractivity contribution in [1.82, 2.24) is 10.2 Å². The number of nitrogens with zero attached hydrogens (tertiary/aromatic N) is 1. The standard InChI is InChI=1S/C32H35FN2O2/c1-24(36)31(26-8-4-2-5-9-26)17-20-35(21-18-31)23-28-22-32(28,27-10-6-3-7-11-27)30(37)34-19-16-25-12-14-29(33)15-13-25/h2-15,28H,16-23H2,1H3,(H,34,37). The van der Waals surface area contributed by atoms with Crippen molar-refractivity contribution in [3.8, 4) is 0 Å². The zero-order chi connectivity index (χ0) is 25.9. The number of Topliss-reactive ketones (excluding diaryl/α,β-unsaturated/α-hetero) is 1. The number of amides is 1. The summed E-state index contributed by atoms with van der Waals surface area (Å²) in [5.74, 6) is 0.301. The lowest BCUT2D eigenvalue weighted by atomic mass is 9.70. The van der Waals surface area contributed by atoms with Crippen LogP contribution in [0.1, 0.15) is 42.9 Å². The van der Waals surface area contributed by atoms with Gasteiger partial charge in [-0.3, -0.25) is 9.59 Å². The van der Waals surface area contributed by atoms with Crippen LogP contribution in [-0.4, -0.2) is 42.8 Å². The van der Waals surface area contributed by atoms with Crippen LogP contribution >= 0.6 is 0 Å². The molecule has 0 spiro atoms. The molecule has 3 aromatic rings. The molecule has 1 amide bonds. The minimum atomic E-state index is -0.515. The third-order valence-electron chi connectivity index (χ3n) is 8.60. The summed E-state index contributed by atoms with van der Waals surface area (Å²) in [6, 6.07) is 26.7. The van der Waals surface area contributed by atoms with Gasteiger partial charge in [0.2, 0.25) is 5.91 Å². The average molecular weight is 499 g/mol. The molecule has 1 saturated heterocycles. The Balaban J connectivity index is 1.24. The van der Waals surface area contributed by atoms with Crippen LogP contribution in [0.4, 0.5) is 4.39 Å². The van der Waals surface area contributed by atoms with Gasteiger partial charge in [0, 0.05) is 13.1 Å². The van der Waals surface area contributed by atoms with E-state index in [-0.39, 0.29) is 23.4 Å². The Kier molecular flexibility index (Phi) is 7.25. The molecule has 1 N–H and O–H groups in total. The lowest BCUT2D eigenvalue weighted by Crippen LogP contribution is -2.47. The van der Waals surface area contributed by atoms with Crippen molar-refractivity contribution in [1.29, 1.82) is 0 Å². The highest BCUT2D eigenvalue weighted by molar-refractivity contribution is 5.92. The molecule has 1 saturated carbocycles. The lowest BCUT2D eigenvalue weighted by molar-refractivity contribution is -0.124. The maximum Gasteiger partial charge on any atom is 0.231 e. The van der Waals surface area contributed by atoms with Crippen molar-refractivity contribution in [3.63, 3.8) is 0 Å². The molecule has 37 heavy (non-hydrogen) atoms. The van der Waals surface area contributed by atoms with E-state index in [1.165, 1.54) is 12.1 Å². The number of rotatable bonds is 9. The second kappa shape index (κ2) is 10.6. The molecule has 1 aliphatic carbocycles. The second-order valence-electron chi connectivity index (χ2n) is 10.7. The van der Waals surface area contributed by atoms with Gasteiger partial charge in [-0.25, -0.2) is 4.39 Å². The van der Waals surface area contributed by atoms with E-state index in [0.29, 0.717) is 13.0 Å². The van der Waals surface area contributed by atoms with Crippen molar-refractivity contribution >= 4 is 11.7 Å². The molecule has 2 atom stereocenters. The maximum absolute atomic E-state index is 13.6. The van der Waals surface area contributed by atoms with Crippen LogP contribution < -0.4 is 5.32 Å². The highest BCUT2D eigenvalue weighted by Gasteiger charge is 2.61. The minimum absolute atomic E-state index is 0.0742. The molecule has 1 heterocycles. The summed E-state index contributed by atoms with van der Waals surface area (Å²) in [5.41, 5.74) is 2.27. The van der Waals surface area contributed by atoms with Gasteiger partial charge in [-0.2, -0.15) is 0 Å². The van der Waals surface area contributed by atoms with Crippen LogP contribution in [0.2, 0.25) is 0 Å². The highest BCUT2D eigenvalue weighted by atomic mass is 19.1. The number of likely N-dealkylation sites (tertiary alicyclic amines) is 1. The molecule has 5 heteroatoms. The molecule has 1 aliphatic heterocycles. The normalized spacial score (nSPS) is 22.8. The molecule has 2 unspecified atom stereocenters. The summed E-state index contributed by atoms with van der Waals surface area (Å²) in [4.78, 5) is 28.8. The monoisotopic (exact) mass is 498 g/mol. The van der Waals surface area contributed by atoms with Gasteiger partial charge in [0.25, 0.3) is 0 Å². The Bertz CT molecular complexity index is 1220. The van der Waals surface area contributed by atoms with Crippen LogP contribution in [0.25, 0.3) is 0 Å². The molecular weight excluding hydrogens is 463 g/mol. The number of ketones is 1. The van der Waals surface area contributed by atoms with Crippen LogP contribution in [0.5, 0.6) is 0 Å². The zero-order valence-electron chi connectivity index (χ0n) is 21.5. The molecule has 0 radical (unpaired) electrons. The van der Waals surface area contributed by atoms with Crippen molar-refractivity contribution in [3.05, 3.63) is 107 Å². The third kappa shape index (κ3) is 5.10. The van der Waals surface area contributed by atoms with Crippen molar-refractivity contribution in [2.75, 3.05) is 26.2 Å². The molecule has 4 nitrogen and oxygen atoms in total. The lowest BCUT2D eigenvalue weighted by Gasteiger charge is -2.41. The van der Waals surface area contributed by atoms with E-state index in [0.717, 1.165) is 55.6 Å². The number of halogens is 1. The number of carbonyl (C=O) groups excluding carboxylic acids is 2. The van der Waals surface area contributed by atoms with E-state index in [4.69, 9.17) is 0 Å². The van der Waals surface area contributed by atoms with E-state index in [1.807, 2.05) is 36.4 Å². The Morgan fingerprint density at radius 1 is 0.892 bits per heavy atom. The van der Waals surface area contributed by atoms with Gasteiger partial charge in [0.15, 0.2) is 0 Å². The largest absolute Gasteiger partial charge is 0.355 e. The number of benzene rings is 3. The SMILES string of the molecule is CC(=O)C1(c2ccccc2)CCN(CC2CC2(C(=O)NCCc2ccc(F)cc2)c2ccccc2)CC1. The first-order valence-electron chi connectivity index (χ1n) is 13.3. The summed E-state index contributed by atoms with van der Waals surface area (Å²) in [7, 11) is 0. The summed E-state index contributed by atoms with van der Waals surface area (Å²) in [6.45, 7) is 4.79. The van der Waals surface area contributed by atoms with Crippen LogP contribution in [-0.2, 0) is 26.8 Å². The van der Waals surface area contributed by atoms with Gasteiger partial charge in [0.05, 0.1) is 10.8 Å². The first-order chi connectivity index (χ1) is 17.9. The van der Waals surface area contributed by atoms with E-state index in [2.05, 4.69) is 34.5 Å². The third-order valence-corrected chi connectivity index (χ3v) is 8.60. The molecule has 192 valence electrons. The van der Waals surface area contributed by atoms with Gasteiger partial charge >= 0.3 is 0 Å². The van der Waals surface area contributed by atoms with Gasteiger partial charge in [0.1, 0.15) is 11.6 Å². The summed E-state index contributed by atoms with van der Waals surface area (Å²) < 4.78 is 13.2. The van der Waals surface area contributed by atoms with E-state index < -0.39 is 10.8 Å². The van der Waals surface area contributed by atoms with Crippen molar-refractivity contribution in [2.45, 2.75) is 43.4 Å². The first-order valence-corrected chi connectivity index (χ1v) is 13.3. The Hall–Kier alpha value is -3.31. The van der Waals surface area contributed by atoms with Crippen LogP contribution in [0, 0.1) is 11.7 Å². The van der Waals surface area contributed by atoms with E-state index >= 15 is 0 Å². The summed E-state index contributed by atoms with van der Waals surface area (Å²) in [6.07, 6.45) is 3.11. The van der Waals surface area contributed by atoms with Gasteiger partial charge in [-0.15, -0.1) is 0 Å². The Morgan fingerprint density at radius 3 is 2.08 bits per heavy atom. The fraction of sp³-hybridized carbons (Fsp3) is 0.375. The zero-order valence-corrected chi connectivity index (χ0v) is 21.5. The Morgan fingerprint density at radius 2 is 1.49 bits per heavy atom. The van der Waals surface area contributed by atoms with Gasteiger partial charge < -0.3 is 10.2 Å². The molecule has 0 aromatic heterocycles. The molecular formula is C32H35FN2O2. The van der Waals surface area contributed by atoms with E-state index in [9.17, 15) is 14.0 Å². The van der Waals surface area contributed by atoms with E-state index in [1.54, 1.807) is 19.1 Å². The summed E-state index contributed by atoms with van der Waals surface area (Å²) in [5, 5.41) is 3.17. The highest BCUT2D eigenvalue weighted by Crippen LogP contribution is 2.55. The van der Waals surface area contributed by atoms with Gasteiger partial charge in [-0.05, 0) is 80.4 Å². The first kappa shape index (κ1) is 25.3. The number of piperidine rings is 1. The van der Waals surface area contributed by atoms with Crippen molar-refractivity contribution in [2.24, 2.45) is 5.92 Å². The fourth-order valence-electron chi connectivity index (χ4n) is 6.21. The molecule has 3 aromatic carbocycles. The molecule has 2 aliphatic rings. The molecule has 5 rings (SSSR count). The average Bonchev–Trinajstić information content (AvgIpc) is 3.66. The topological polar surface area (TPSA) is 49.4 Å². The fourth-order valence-corrected chi connectivity index (χ4v) is 6.21. The van der Waals surface area contributed by atoms with Crippen LogP contribution in [0.3, 0.4) is 0 Å². The number of nitrogens with one attached hydrogen (secondary N) is 1. The second-order valence-corrected chi connectivity index (χ2v) is 10.7. The van der Waals surface area contributed by atoms with Gasteiger partial charge in [-0.1, -0.05) is 72.8 Å².